The summed E-state index contributed by atoms with van der Waals surface area (Å²) in [7, 11) is 0. The van der Waals surface area contributed by atoms with Crippen molar-refractivity contribution in [2.75, 3.05) is 6.61 Å². The fourth-order valence-corrected chi connectivity index (χ4v) is 2.80. The Balaban J connectivity index is 2.11. The normalized spacial score (nSPS) is 15.7. The summed E-state index contributed by atoms with van der Waals surface area (Å²) in [6, 6.07) is 12.7. The van der Waals surface area contributed by atoms with Gasteiger partial charge in [0, 0.05) is 24.9 Å². The van der Waals surface area contributed by atoms with Crippen LogP contribution in [0.5, 0.6) is 0 Å². The van der Waals surface area contributed by atoms with E-state index in [0.29, 0.717) is 6.42 Å². The molecule has 0 aliphatic carbocycles. The number of aromatic nitrogens is 1. The number of nitrogens with one attached hydrogen (secondary N) is 1. The van der Waals surface area contributed by atoms with Gasteiger partial charge in [-0.25, -0.2) is 4.79 Å². The van der Waals surface area contributed by atoms with Gasteiger partial charge in [0.2, 0.25) is 0 Å². The number of carbonyl (C=O) groups is 1. The van der Waals surface area contributed by atoms with Crippen molar-refractivity contribution in [3.8, 4) is 0 Å². The topological polar surface area (TPSA) is 118 Å². The Bertz CT molecular complexity index is 684. The van der Waals surface area contributed by atoms with Crippen molar-refractivity contribution in [2.24, 2.45) is 5.73 Å². The van der Waals surface area contributed by atoms with E-state index in [4.69, 9.17) is 10.5 Å². The molecule has 1 aromatic carbocycles. The number of amides is 1. The highest BCUT2D eigenvalue weighted by Crippen LogP contribution is 2.21. The largest absolute Gasteiger partial charge is 0.439 e. The van der Waals surface area contributed by atoms with E-state index in [1.807, 2.05) is 30.3 Å². The van der Waals surface area contributed by atoms with Crippen LogP contribution in [0.25, 0.3) is 0 Å². The molecular weight excluding hydrogens is 334 g/mol. The summed E-state index contributed by atoms with van der Waals surface area (Å²) < 4.78 is 5.22. The predicted octanol–water partition coefficient (Wildman–Crippen LogP) is 0.990. The number of primary amides is 1. The average Bonchev–Trinajstić information content (AvgIpc) is 2.62. The SMILES string of the molecule is CC(Cc1ccncc1)(OC(N)=O)C(O)NC(CO)Cc1ccccc1. The lowest BCUT2D eigenvalue weighted by molar-refractivity contribution is -0.0877. The van der Waals surface area contributed by atoms with Crippen LogP contribution >= 0.6 is 0 Å². The summed E-state index contributed by atoms with van der Waals surface area (Å²) >= 11 is 0. The van der Waals surface area contributed by atoms with Crippen molar-refractivity contribution in [1.29, 1.82) is 0 Å². The highest BCUT2D eigenvalue weighted by molar-refractivity contribution is 5.65. The third-order valence-corrected chi connectivity index (χ3v) is 4.16. The molecule has 0 aliphatic rings. The molecule has 2 rings (SSSR count). The minimum absolute atomic E-state index is 0.187. The van der Waals surface area contributed by atoms with Gasteiger partial charge in [0.25, 0.3) is 0 Å². The third-order valence-electron chi connectivity index (χ3n) is 4.16. The van der Waals surface area contributed by atoms with Crippen LogP contribution in [-0.2, 0) is 17.6 Å². The molecule has 2 aromatic rings. The number of hydrogen-bond acceptors (Lipinski definition) is 6. The van der Waals surface area contributed by atoms with E-state index >= 15 is 0 Å². The number of carbonyl (C=O) groups excluding carboxylic acids is 1. The van der Waals surface area contributed by atoms with Crippen LogP contribution in [0, 0.1) is 0 Å². The lowest BCUT2D eigenvalue weighted by Gasteiger charge is -2.36. The highest BCUT2D eigenvalue weighted by atomic mass is 16.6. The molecule has 3 unspecified atom stereocenters. The smallest absolute Gasteiger partial charge is 0.405 e. The number of nitrogens with zero attached hydrogens (tertiary/aromatic N) is 1. The number of ether oxygens (including phenoxy) is 1. The zero-order valence-electron chi connectivity index (χ0n) is 14.7. The van der Waals surface area contributed by atoms with Crippen molar-refractivity contribution in [1.82, 2.24) is 10.3 Å². The lowest BCUT2D eigenvalue weighted by atomic mass is 9.94. The monoisotopic (exact) mass is 359 g/mol. The molecule has 140 valence electrons. The molecule has 1 amide bonds. The fourth-order valence-electron chi connectivity index (χ4n) is 2.80. The Morgan fingerprint density at radius 1 is 1.23 bits per heavy atom. The average molecular weight is 359 g/mol. The highest BCUT2D eigenvalue weighted by Gasteiger charge is 2.38. The minimum atomic E-state index is -1.31. The minimum Gasteiger partial charge on any atom is -0.439 e. The van der Waals surface area contributed by atoms with E-state index in [9.17, 15) is 15.0 Å². The first-order valence-corrected chi connectivity index (χ1v) is 8.39. The Hall–Kier alpha value is -2.48. The van der Waals surface area contributed by atoms with Gasteiger partial charge in [0.15, 0.2) is 5.60 Å². The first-order valence-electron chi connectivity index (χ1n) is 8.39. The third kappa shape index (κ3) is 5.80. The molecule has 0 radical (unpaired) electrons. The van der Waals surface area contributed by atoms with Crippen LogP contribution in [0.1, 0.15) is 18.1 Å². The number of aliphatic hydroxyl groups is 2. The van der Waals surface area contributed by atoms with Gasteiger partial charge in [-0.1, -0.05) is 30.3 Å². The molecule has 1 heterocycles. The van der Waals surface area contributed by atoms with Gasteiger partial charge in [-0.15, -0.1) is 0 Å². The van der Waals surface area contributed by atoms with Crippen molar-refractivity contribution in [3.63, 3.8) is 0 Å². The first-order chi connectivity index (χ1) is 12.4. The Kier molecular flexibility index (Phi) is 7.08. The molecule has 7 nitrogen and oxygen atoms in total. The fraction of sp³-hybridized carbons (Fsp3) is 0.368. The van der Waals surface area contributed by atoms with Crippen molar-refractivity contribution in [2.45, 2.75) is 37.6 Å². The van der Waals surface area contributed by atoms with E-state index < -0.39 is 24.0 Å². The Morgan fingerprint density at radius 2 is 1.88 bits per heavy atom. The molecule has 0 aliphatic heterocycles. The van der Waals surface area contributed by atoms with Crippen LogP contribution in [0.3, 0.4) is 0 Å². The second-order valence-electron chi connectivity index (χ2n) is 6.40. The van der Waals surface area contributed by atoms with Gasteiger partial charge in [0.1, 0.15) is 6.23 Å². The second-order valence-corrected chi connectivity index (χ2v) is 6.40. The molecule has 3 atom stereocenters. The van der Waals surface area contributed by atoms with Gasteiger partial charge >= 0.3 is 6.09 Å². The maximum Gasteiger partial charge on any atom is 0.405 e. The number of benzene rings is 1. The van der Waals surface area contributed by atoms with Crippen LogP contribution in [0.4, 0.5) is 4.79 Å². The van der Waals surface area contributed by atoms with Gasteiger partial charge in [-0.2, -0.15) is 0 Å². The Morgan fingerprint density at radius 3 is 2.46 bits per heavy atom. The number of hydrogen-bond donors (Lipinski definition) is 4. The van der Waals surface area contributed by atoms with Crippen LogP contribution in [-0.4, -0.2) is 45.8 Å². The zero-order chi connectivity index (χ0) is 19.0. The zero-order valence-corrected chi connectivity index (χ0v) is 14.7. The molecule has 5 N–H and O–H groups in total. The summed E-state index contributed by atoms with van der Waals surface area (Å²) in [6.07, 6.45) is 1.76. The summed E-state index contributed by atoms with van der Waals surface area (Å²) in [5.74, 6) is 0. The van der Waals surface area contributed by atoms with E-state index in [1.165, 1.54) is 0 Å². The molecule has 0 bridgehead atoms. The maximum atomic E-state index is 11.4. The summed E-state index contributed by atoms with van der Waals surface area (Å²) in [6.45, 7) is 1.40. The van der Waals surface area contributed by atoms with E-state index in [-0.39, 0.29) is 13.0 Å². The van der Waals surface area contributed by atoms with Crippen molar-refractivity contribution < 1.29 is 19.7 Å². The number of aliphatic hydroxyl groups excluding tert-OH is 2. The first kappa shape index (κ1) is 19.8. The van der Waals surface area contributed by atoms with Crippen LogP contribution < -0.4 is 11.1 Å². The van der Waals surface area contributed by atoms with Crippen LogP contribution in [0.15, 0.2) is 54.9 Å². The second kappa shape index (κ2) is 9.28. The summed E-state index contributed by atoms with van der Waals surface area (Å²) in [5, 5.41) is 23.3. The van der Waals surface area contributed by atoms with Gasteiger partial charge in [0.05, 0.1) is 6.61 Å². The van der Waals surface area contributed by atoms with E-state index in [0.717, 1.165) is 11.1 Å². The Labute approximate surface area is 152 Å². The van der Waals surface area contributed by atoms with Crippen molar-refractivity contribution >= 4 is 6.09 Å². The molecular formula is C19H25N3O4. The predicted molar refractivity (Wildman–Crippen MR) is 97.2 cm³/mol. The maximum absolute atomic E-state index is 11.4. The van der Waals surface area contributed by atoms with Crippen molar-refractivity contribution in [3.05, 3.63) is 66.0 Å². The molecule has 0 fully saturated rings. The van der Waals surface area contributed by atoms with Gasteiger partial charge in [-0.05, 0) is 36.6 Å². The molecule has 0 saturated heterocycles. The molecule has 0 saturated carbocycles. The number of pyridine rings is 1. The van der Waals surface area contributed by atoms with Crippen LogP contribution in [0.2, 0.25) is 0 Å². The molecule has 1 aromatic heterocycles. The quantitative estimate of drug-likeness (QED) is 0.496. The van der Waals surface area contributed by atoms with Gasteiger partial charge < -0.3 is 20.7 Å². The molecule has 7 heteroatoms. The number of nitrogens with two attached hydrogens (primary N) is 1. The van der Waals surface area contributed by atoms with E-state index in [1.54, 1.807) is 31.5 Å². The summed E-state index contributed by atoms with van der Waals surface area (Å²) in [4.78, 5) is 15.3. The standard InChI is InChI=1S/C19H25N3O4/c1-19(26-18(20)25,12-15-7-9-21-10-8-15)17(24)22-16(13-23)11-14-5-3-2-4-6-14/h2-10,16-17,22-24H,11-13H2,1H3,(H2,20,25). The number of rotatable bonds is 9. The lowest BCUT2D eigenvalue weighted by Crippen LogP contribution is -2.57. The molecule has 0 spiro atoms. The molecule has 26 heavy (non-hydrogen) atoms. The van der Waals surface area contributed by atoms with E-state index in [2.05, 4.69) is 10.3 Å². The van der Waals surface area contributed by atoms with Gasteiger partial charge in [-0.3, -0.25) is 10.3 Å². The summed E-state index contributed by atoms with van der Waals surface area (Å²) in [5.41, 5.74) is 5.73.